The van der Waals surface area contributed by atoms with Gasteiger partial charge in [-0.25, -0.2) is 4.39 Å². The second-order valence-electron chi connectivity index (χ2n) is 3.49. The monoisotopic (exact) mass is 239 g/mol. The molecule has 0 spiro atoms. The first-order chi connectivity index (χ1) is 7.74. The summed E-state index contributed by atoms with van der Waals surface area (Å²) in [5.74, 6) is 0.667. The van der Waals surface area contributed by atoms with Crippen molar-refractivity contribution in [3.05, 3.63) is 47.8 Å². The summed E-state index contributed by atoms with van der Waals surface area (Å²) in [7, 11) is 0. The minimum absolute atomic E-state index is 0.162. The van der Waals surface area contributed by atoms with E-state index < -0.39 is 0 Å². The average Bonchev–Trinajstić information content (AvgIpc) is 2.77. The van der Waals surface area contributed by atoms with E-state index in [-0.39, 0.29) is 17.7 Å². The molecule has 0 aliphatic carbocycles. The van der Waals surface area contributed by atoms with Gasteiger partial charge in [-0.15, -0.1) is 21.8 Å². The number of hydrogen-bond donors (Lipinski definition) is 0. The number of aromatic nitrogens is 3. The average molecular weight is 240 g/mol. The van der Waals surface area contributed by atoms with Gasteiger partial charge < -0.3 is 4.57 Å². The zero-order valence-electron chi connectivity index (χ0n) is 8.77. The highest BCUT2D eigenvalue weighted by Gasteiger charge is 2.15. The lowest BCUT2D eigenvalue weighted by Gasteiger charge is -2.15. The van der Waals surface area contributed by atoms with Gasteiger partial charge >= 0.3 is 0 Å². The number of benzene rings is 1. The molecule has 0 aliphatic rings. The van der Waals surface area contributed by atoms with Crippen LogP contribution in [0.3, 0.4) is 0 Å². The normalized spacial score (nSPS) is 12.7. The first kappa shape index (κ1) is 11.1. The Labute approximate surface area is 97.9 Å². The van der Waals surface area contributed by atoms with E-state index in [1.54, 1.807) is 29.1 Å². The van der Waals surface area contributed by atoms with Crippen molar-refractivity contribution in [1.82, 2.24) is 14.8 Å². The van der Waals surface area contributed by atoms with E-state index in [1.807, 2.05) is 6.92 Å². The van der Waals surface area contributed by atoms with Gasteiger partial charge in [0.2, 0.25) is 0 Å². The van der Waals surface area contributed by atoms with Crippen LogP contribution in [0.25, 0.3) is 0 Å². The minimum atomic E-state index is -0.232. The molecule has 1 aromatic carbocycles. The highest BCUT2D eigenvalue weighted by Crippen LogP contribution is 2.21. The van der Waals surface area contributed by atoms with Crippen LogP contribution in [-0.2, 0) is 5.88 Å². The minimum Gasteiger partial charge on any atom is -0.309 e. The van der Waals surface area contributed by atoms with Gasteiger partial charge in [0.15, 0.2) is 0 Å². The van der Waals surface area contributed by atoms with Gasteiger partial charge in [0, 0.05) is 5.56 Å². The summed E-state index contributed by atoms with van der Waals surface area (Å²) < 4.78 is 15.3. The third-order valence-electron chi connectivity index (χ3n) is 2.54. The van der Waals surface area contributed by atoms with Crippen LogP contribution in [0.2, 0.25) is 0 Å². The third kappa shape index (κ3) is 1.93. The van der Waals surface area contributed by atoms with Gasteiger partial charge in [0.25, 0.3) is 0 Å². The van der Waals surface area contributed by atoms with Gasteiger partial charge in [-0.2, -0.15) is 0 Å². The van der Waals surface area contributed by atoms with E-state index in [0.717, 1.165) is 0 Å². The molecule has 2 aromatic rings. The Bertz CT molecular complexity index is 484. The topological polar surface area (TPSA) is 30.7 Å². The Morgan fingerprint density at radius 1 is 1.44 bits per heavy atom. The van der Waals surface area contributed by atoms with Gasteiger partial charge in [-0.1, -0.05) is 18.2 Å². The largest absolute Gasteiger partial charge is 0.309 e. The van der Waals surface area contributed by atoms with Crippen LogP contribution >= 0.6 is 11.6 Å². The summed E-state index contributed by atoms with van der Waals surface area (Å²) in [5.41, 5.74) is 0.605. The molecule has 5 heteroatoms. The molecular weight excluding hydrogens is 229 g/mol. The summed E-state index contributed by atoms with van der Waals surface area (Å²) in [5, 5.41) is 7.64. The van der Waals surface area contributed by atoms with Crippen LogP contribution < -0.4 is 0 Å². The summed E-state index contributed by atoms with van der Waals surface area (Å²) in [4.78, 5) is 0. The van der Waals surface area contributed by atoms with Crippen molar-refractivity contribution < 1.29 is 4.39 Å². The van der Waals surface area contributed by atoms with E-state index in [2.05, 4.69) is 10.2 Å². The van der Waals surface area contributed by atoms with Crippen molar-refractivity contribution in [2.24, 2.45) is 0 Å². The predicted octanol–water partition coefficient (Wildman–Crippen LogP) is 2.77. The molecule has 0 radical (unpaired) electrons. The molecule has 0 fully saturated rings. The Balaban J connectivity index is 2.39. The fraction of sp³-hybridized carbons (Fsp3) is 0.273. The van der Waals surface area contributed by atoms with Gasteiger partial charge in [0.1, 0.15) is 18.0 Å². The molecule has 0 saturated carbocycles. The Kier molecular flexibility index (Phi) is 3.19. The molecule has 1 unspecified atom stereocenters. The highest BCUT2D eigenvalue weighted by atomic mass is 35.5. The zero-order chi connectivity index (χ0) is 11.5. The van der Waals surface area contributed by atoms with Gasteiger partial charge in [0.05, 0.1) is 11.9 Å². The van der Waals surface area contributed by atoms with E-state index in [1.165, 1.54) is 6.07 Å². The van der Waals surface area contributed by atoms with Crippen molar-refractivity contribution in [2.75, 3.05) is 0 Å². The van der Waals surface area contributed by atoms with Crippen LogP contribution in [0, 0.1) is 5.82 Å². The fourth-order valence-corrected chi connectivity index (χ4v) is 1.84. The summed E-state index contributed by atoms with van der Waals surface area (Å²) in [6, 6.07) is 6.50. The van der Waals surface area contributed by atoms with Gasteiger partial charge in [-0.3, -0.25) is 0 Å². The molecule has 0 amide bonds. The lowest BCUT2D eigenvalue weighted by Crippen LogP contribution is -2.10. The molecule has 2 rings (SSSR count). The molecule has 84 valence electrons. The SMILES string of the molecule is CC(c1ccccc1F)n1cnnc1CCl. The van der Waals surface area contributed by atoms with Crippen LogP contribution in [0.1, 0.15) is 24.4 Å². The molecule has 1 heterocycles. The molecule has 3 nitrogen and oxygen atoms in total. The van der Waals surface area contributed by atoms with E-state index in [9.17, 15) is 4.39 Å². The number of nitrogens with zero attached hydrogens (tertiary/aromatic N) is 3. The third-order valence-corrected chi connectivity index (χ3v) is 2.78. The first-order valence-corrected chi connectivity index (χ1v) is 5.46. The second-order valence-corrected chi connectivity index (χ2v) is 3.75. The van der Waals surface area contributed by atoms with Crippen molar-refractivity contribution >= 4 is 11.6 Å². The molecule has 1 aromatic heterocycles. The van der Waals surface area contributed by atoms with Crippen LogP contribution in [0.15, 0.2) is 30.6 Å². The smallest absolute Gasteiger partial charge is 0.148 e. The number of halogens is 2. The van der Waals surface area contributed by atoms with Crippen LogP contribution in [-0.4, -0.2) is 14.8 Å². The maximum absolute atomic E-state index is 13.6. The summed E-state index contributed by atoms with van der Waals surface area (Å²) in [6.07, 6.45) is 1.56. The standard InChI is InChI=1S/C11H11ClFN3/c1-8(9-4-2-3-5-10(9)13)16-7-14-15-11(16)6-12/h2-5,7-8H,6H2,1H3. The number of rotatable bonds is 3. The summed E-state index contributed by atoms with van der Waals surface area (Å²) >= 11 is 5.73. The lowest BCUT2D eigenvalue weighted by molar-refractivity contribution is 0.548. The first-order valence-electron chi connectivity index (χ1n) is 4.92. The van der Waals surface area contributed by atoms with Crippen LogP contribution in [0.5, 0.6) is 0 Å². The van der Waals surface area contributed by atoms with Crippen molar-refractivity contribution in [3.63, 3.8) is 0 Å². The van der Waals surface area contributed by atoms with E-state index in [0.29, 0.717) is 11.4 Å². The molecule has 0 N–H and O–H groups in total. The maximum Gasteiger partial charge on any atom is 0.148 e. The van der Waals surface area contributed by atoms with Gasteiger partial charge in [-0.05, 0) is 13.0 Å². The van der Waals surface area contributed by atoms with E-state index in [4.69, 9.17) is 11.6 Å². The van der Waals surface area contributed by atoms with Crippen molar-refractivity contribution in [2.45, 2.75) is 18.8 Å². The molecular formula is C11H11ClFN3. The second kappa shape index (κ2) is 4.61. The lowest BCUT2D eigenvalue weighted by atomic mass is 10.1. The molecule has 0 bridgehead atoms. The molecule has 1 atom stereocenters. The molecule has 16 heavy (non-hydrogen) atoms. The predicted molar refractivity (Wildman–Crippen MR) is 59.8 cm³/mol. The number of hydrogen-bond acceptors (Lipinski definition) is 2. The zero-order valence-corrected chi connectivity index (χ0v) is 9.52. The number of alkyl halides is 1. The van der Waals surface area contributed by atoms with Crippen molar-refractivity contribution in [3.8, 4) is 0 Å². The van der Waals surface area contributed by atoms with Crippen molar-refractivity contribution in [1.29, 1.82) is 0 Å². The Morgan fingerprint density at radius 2 is 2.19 bits per heavy atom. The molecule has 0 saturated heterocycles. The quantitative estimate of drug-likeness (QED) is 0.771. The molecule has 0 aliphatic heterocycles. The fourth-order valence-electron chi connectivity index (χ4n) is 1.65. The summed E-state index contributed by atoms with van der Waals surface area (Å²) in [6.45, 7) is 1.89. The van der Waals surface area contributed by atoms with E-state index >= 15 is 0 Å². The maximum atomic E-state index is 13.6. The Hall–Kier alpha value is -1.42. The highest BCUT2D eigenvalue weighted by molar-refractivity contribution is 6.16. The Morgan fingerprint density at radius 3 is 2.88 bits per heavy atom. The van der Waals surface area contributed by atoms with Crippen LogP contribution in [0.4, 0.5) is 4.39 Å².